The Morgan fingerprint density at radius 3 is 2.58 bits per heavy atom. The fraction of sp³-hybridized carbons (Fsp3) is 0.100. The second kappa shape index (κ2) is 6.48. The molecule has 0 radical (unpaired) electrons. The van der Waals surface area contributed by atoms with Gasteiger partial charge in [0.2, 0.25) is 0 Å². The van der Waals surface area contributed by atoms with Crippen molar-refractivity contribution >= 4 is 17.3 Å². The number of amides is 1. The van der Waals surface area contributed by atoms with Crippen molar-refractivity contribution in [3.05, 3.63) is 83.9 Å². The van der Waals surface area contributed by atoms with Gasteiger partial charge in [-0.15, -0.1) is 0 Å². The summed E-state index contributed by atoms with van der Waals surface area (Å²) in [5, 5.41) is 3.11. The molecule has 1 amide bonds. The van der Waals surface area contributed by atoms with Gasteiger partial charge in [-0.3, -0.25) is 14.7 Å². The summed E-state index contributed by atoms with van der Waals surface area (Å²) in [5.41, 5.74) is 2.04. The highest BCUT2D eigenvalue weighted by Crippen LogP contribution is 2.37. The van der Waals surface area contributed by atoms with Crippen molar-refractivity contribution in [1.82, 2.24) is 4.98 Å². The monoisotopic (exact) mass is 349 g/mol. The maximum atomic E-state index is 14.1. The molecule has 0 fully saturated rings. The van der Waals surface area contributed by atoms with Crippen molar-refractivity contribution in [2.24, 2.45) is 0 Å². The van der Waals surface area contributed by atoms with Gasteiger partial charge >= 0.3 is 0 Å². The number of halogens is 1. The van der Waals surface area contributed by atoms with E-state index < -0.39 is 6.17 Å². The lowest BCUT2D eigenvalue weighted by Gasteiger charge is -2.26. The van der Waals surface area contributed by atoms with Crippen LogP contribution in [0.15, 0.2) is 66.9 Å². The standard InChI is InChI=1S/C20H16FN3O2/c1-26-14-10-8-13(9-11-14)24-19(23-17-7-3-2-6-16(17)21)18-15(20(24)25)5-4-12-22-18/h2-12,19,23H,1H3/t19-/m1/s1. The molecule has 6 heteroatoms. The highest BCUT2D eigenvalue weighted by Gasteiger charge is 2.39. The minimum Gasteiger partial charge on any atom is -0.497 e. The molecule has 1 aliphatic heterocycles. The summed E-state index contributed by atoms with van der Waals surface area (Å²) in [6.45, 7) is 0. The van der Waals surface area contributed by atoms with Gasteiger partial charge < -0.3 is 10.1 Å². The normalized spacial score (nSPS) is 15.7. The number of carbonyl (C=O) groups excluding carboxylic acids is 1. The fourth-order valence-corrected chi connectivity index (χ4v) is 3.05. The minimum absolute atomic E-state index is 0.188. The number of hydrogen-bond acceptors (Lipinski definition) is 4. The first-order valence-electron chi connectivity index (χ1n) is 8.12. The van der Waals surface area contributed by atoms with Gasteiger partial charge in [0, 0.05) is 11.9 Å². The lowest BCUT2D eigenvalue weighted by molar-refractivity contribution is 0.0993. The summed E-state index contributed by atoms with van der Waals surface area (Å²) in [4.78, 5) is 18.9. The zero-order chi connectivity index (χ0) is 18.1. The number of ether oxygens (including phenoxy) is 1. The Balaban J connectivity index is 1.78. The Hall–Kier alpha value is -3.41. The maximum Gasteiger partial charge on any atom is 0.262 e. The number of para-hydroxylation sites is 1. The molecule has 0 bridgehead atoms. The molecule has 26 heavy (non-hydrogen) atoms. The van der Waals surface area contributed by atoms with Gasteiger partial charge in [0.15, 0.2) is 6.17 Å². The van der Waals surface area contributed by atoms with E-state index in [1.165, 1.54) is 6.07 Å². The molecule has 1 aliphatic rings. The van der Waals surface area contributed by atoms with Crippen LogP contribution in [-0.2, 0) is 0 Å². The largest absolute Gasteiger partial charge is 0.497 e. The number of nitrogens with zero attached hydrogens (tertiary/aromatic N) is 2. The molecule has 2 aromatic carbocycles. The summed E-state index contributed by atoms with van der Waals surface area (Å²) in [6, 6.07) is 16.9. The van der Waals surface area contributed by atoms with Crippen LogP contribution in [0.4, 0.5) is 15.8 Å². The molecule has 2 heterocycles. The van der Waals surface area contributed by atoms with Crippen LogP contribution in [0.2, 0.25) is 0 Å². The summed E-state index contributed by atoms with van der Waals surface area (Å²) < 4.78 is 19.3. The lowest BCUT2D eigenvalue weighted by Crippen LogP contribution is -2.32. The molecule has 1 atom stereocenters. The zero-order valence-electron chi connectivity index (χ0n) is 14.0. The number of nitrogens with one attached hydrogen (secondary N) is 1. The van der Waals surface area contributed by atoms with Gasteiger partial charge in [-0.05, 0) is 48.5 Å². The smallest absolute Gasteiger partial charge is 0.262 e. The Labute approximate surface area is 150 Å². The average molecular weight is 349 g/mol. The van der Waals surface area contributed by atoms with Gasteiger partial charge in [0.1, 0.15) is 11.6 Å². The van der Waals surface area contributed by atoms with E-state index >= 15 is 0 Å². The van der Waals surface area contributed by atoms with Gasteiger partial charge in [-0.25, -0.2) is 4.39 Å². The van der Waals surface area contributed by atoms with Gasteiger partial charge in [-0.2, -0.15) is 0 Å². The van der Waals surface area contributed by atoms with Crippen LogP contribution in [0.3, 0.4) is 0 Å². The third kappa shape index (κ3) is 2.65. The van der Waals surface area contributed by atoms with Crippen molar-refractivity contribution in [3.8, 4) is 5.75 Å². The number of aromatic nitrogens is 1. The van der Waals surface area contributed by atoms with Gasteiger partial charge in [0.25, 0.3) is 5.91 Å². The van der Waals surface area contributed by atoms with E-state index in [0.717, 1.165) is 0 Å². The molecule has 0 aliphatic carbocycles. The summed E-state index contributed by atoms with van der Waals surface area (Å²) in [6.07, 6.45) is 1.02. The number of benzene rings is 2. The molecule has 4 rings (SSSR count). The second-order valence-electron chi connectivity index (χ2n) is 5.84. The topological polar surface area (TPSA) is 54.5 Å². The van der Waals surface area contributed by atoms with Crippen molar-refractivity contribution in [2.45, 2.75) is 6.17 Å². The average Bonchev–Trinajstić information content (AvgIpc) is 2.96. The molecule has 0 saturated carbocycles. The summed E-state index contributed by atoms with van der Waals surface area (Å²) >= 11 is 0. The quantitative estimate of drug-likeness (QED) is 0.773. The minimum atomic E-state index is -0.607. The molecular weight excluding hydrogens is 333 g/mol. The highest BCUT2D eigenvalue weighted by molar-refractivity contribution is 6.11. The number of rotatable bonds is 4. The van der Waals surface area contributed by atoms with Crippen LogP contribution >= 0.6 is 0 Å². The van der Waals surface area contributed by atoms with Crippen LogP contribution in [0.25, 0.3) is 0 Å². The number of methoxy groups -OCH3 is 1. The second-order valence-corrected chi connectivity index (χ2v) is 5.84. The van der Waals surface area contributed by atoms with Crippen LogP contribution < -0.4 is 15.0 Å². The fourth-order valence-electron chi connectivity index (χ4n) is 3.05. The number of fused-ring (bicyclic) bond motifs is 1. The van der Waals surface area contributed by atoms with E-state index in [0.29, 0.717) is 28.4 Å². The first-order valence-corrected chi connectivity index (χ1v) is 8.12. The van der Waals surface area contributed by atoms with E-state index in [4.69, 9.17) is 4.74 Å². The van der Waals surface area contributed by atoms with Crippen LogP contribution in [0.1, 0.15) is 22.2 Å². The Kier molecular flexibility index (Phi) is 4.01. The van der Waals surface area contributed by atoms with E-state index in [-0.39, 0.29) is 11.7 Å². The molecule has 130 valence electrons. The van der Waals surface area contributed by atoms with E-state index in [1.807, 2.05) is 0 Å². The van der Waals surface area contributed by atoms with Gasteiger partial charge in [-0.1, -0.05) is 12.1 Å². The number of hydrogen-bond donors (Lipinski definition) is 1. The first-order chi connectivity index (χ1) is 12.7. The molecule has 3 aromatic rings. The van der Waals surface area contributed by atoms with Crippen LogP contribution in [0, 0.1) is 5.82 Å². The van der Waals surface area contributed by atoms with E-state index in [9.17, 15) is 9.18 Å². The van der Waals surface area contributed by atoms with Crippen molar-refractivity contribution in [1.29, 1.82) is 0 Å². The molecule has 1 N–H and O–H groups in total. The predicted octanol–water partition coefficient (Wildman–Crippen LogP) is 4.00. The first kappa shape index (κ1) is 16.1. The van der Waals surface area contributed by atoms with Crippen LogP contribution in [-0.4, -0.2) is 18.0 Å². The lowest BCUT2D eigenvalue weighted by atomic mass is 10.2. The Morgan fingerprint density at radius 2 is 1.85 bits per heavy atom. The zero-order valence-corrected chi connectivity index (χ0v) is 14.0. The number of pyridine rings is 1. The van der Waals surface area contributed by atoms with Crippen LogP contribution in [0.5, 0.6) is 5.75 Å². The highest BCUT2D eigenvalue weighted by atomic mass is 19.1. The molecule has 5 nitrogen and oxygen atoms in total. The SMILES string of the molecule is COc1ccc(N2C(=O)c3cccnc3[C@@H]2Nc2ccccc2F)cc1. The van der Waals surface area contributed by atoms with Crippen molar-refractivity contribution in [2.75, 3.05) is 17.3 Å². The molecular formula is C20H16FN3O2. The predicted molar refractivity (Wildman–Crippen MR) is 96.8 cm³/mol. The van der Waals surface area contributed by atoms with Crippen molar-refractivity contribution in [3.63, 3.8) is 0 Å². The molecule has 1 aromatic heterocycles. The third-order valence-electron chi connectivity index (χ3n) is 4.32. The van der Waals surface area contributed by atoms with E-state index in [1.54, 1.807) is 72.8 Å². The van der Waals surface area contributed by atoms with E-state index in [2.05, 4.69) is 10.3 Å². The summed E-state index contributed by atoms with van der Waals surface area (Å²) in [7, 11) is 1.58. The van der Waals surface area contributed by atoms with Crippen molar-refractivity contribution < 1.29 is 13.9 Å². The molecule has 0 unspecified atom stereocenters. The third-order valence-corrected chi connectivity index (χ3v) is 4.32. The number of carbonyl (C=O) groups is 1. The maximum absolute atomic E-state index is 14.1. The molecule has 0 spiro atoms. The Bertz CT molecular complexity index is 959. The Morgan fingerprint density at radius 1 is 1.08 bits per heavy atom. The summed E-state index contributed by atoms with van der Waals surface area (Å²) in [5.74, 6) is 0.112. The van der Waals surface area contributed by atoms with Gasteiger partial charge in [0.05, 0.1) is 24.1 Å². The molecule has 0 saturated heterocycles. The number of anilines is 2.